The number of hydrogen-bond donors (Lipinski definition) is 2. The van der Waals surface area contributed by atoms with Gasteiger partial charge in [-0.15, -0.1) is 0 Å². The maximum absolute atomic E-state index is 11.5. The number of hydrogen-bond acceptors (Lipinski definition) is 5. The SMILES string of the molecule is O=C(Nc1cccnc1)Nc1ccc[nH+]c1.O=[N+]([O-])[O-]. The van der Waals surface area contributed by atoms with Crippen LogP contribution in [0.4, 0.5) is 16.2 Å². The lowest BCUT2D eigenvalue weighted by Crippen LogP contribution is -2.20. The summed E-state index contributed by atoms with van der Waals surface area (Å²) in [6, 6.07) is 6.82. The smallest absolute Gasteiger partial charge is 0.323 e. The molecule has 104 valence electrons. The van der Waals surface area contributed by atoms with Crippen molar-refractivity contribution in [1.82, 2.24) is 4.98 Å². The number of nitrogens with zero attached hydrogens (tertiary/aromatic N) is 2. The first-order valence-corrected chi connectivity index (χ1v) is 5.33. The van der Waals surface area contributed by atoms with Crippen LogP contribution in [0.5, 0.6) is 0 Å². The molecule has 0 aromatic carbocycles. The van der Waals surface area contributed by atoms with Crippen LogP contribution in [0.3, 0.4) is 0 Å². The molecule has 0 unspecified atom stereocenters. The molecule has 3 N–H and O–H groups in total. The third-order valence-corrected chi connectivity index (χ3v) is 1.88. The molecule has 0 atom stereocenters. The van der Waals surface area contributed by atoms with Gasteiger partial charge in [0.1, 0.15) is 5.69 Å². The van der Waals surface area contributed by atoms with Gasteiger partial charge < -0.3 is 26.0 Å². The molecule has 2 amide bonds. The minimum absolute atomic E-state index is 0.299. The summed E-state index contributed by atoms with van der Waals surface area (Å²) in [7, 11) is 0. The molecular formula is C11H11N5O4. The third-order valence-electron chi connectivity index (χ3n) is 1.88. The highest BCUT2D eigenvalue weighted by Gasteiger charge is 2.02. The molecule has 9 heteroatoms. The van der Waals surface area contributed by atoms with E-state index in [4.69, 9.17) is 15.3 Å². The van der Waals surface area contributed by atoms with Crippen LogP contribution < -0.4 is 15.6 Å². The Morgan fingerprint density at radius 3 is 2.40 bits per heavy atom. The number of H-pyrrole nitrogens is 1. The van der Waals surface area contributed by atoms with Gasteiger partial charge in [0.05, 0.1) is 17.0 Å². The van der Waals surface area contributed by atoms with Crippen molar-refractivity contribution in [2.24, 2.45) is 0 Å². The number of rotatable bonds is 2. The quantitative estimate of drug-likeness (QED) is 0.630. The number of aromatic amines is 1. The second-order valence-corrected chi connectivity index (χ2v) is 3.34. The van der Waals surface area contributed by atoms with E-state index in [9.17, 15) is 4.79 Å². The topological polar surface area (TPSA) is 134 Å². The summed E-state index contributed by atoms with van der Waals surface area (Å²) in [5, 5.41) is 20.1. The van der Waals surface area contributed by atoms with Gasteiger partial charge in [-0.2, -0.15) is 0 Å². The van der Waals surface area contributed by atoms with E-state index >= 15 is 0 Å². The summed E-state index contributed by atoms with van der Waals surface area (Å²) in [6.07, 6.45) is 6.69. The van der Waals surface area contributed by atoms with Gasteiger partial charge in [0.2, 0.25) is 0 Å². The van der Waals surface area contributed by atoms with Crippen LogP contribution in [0.1, 0.15) is 0 Å². The predicted molar refractivity (Wildman–Crippen MR) is 70.2 cm³/mol. The fourth-order valence-corrected chi connectivity index (χ4v) is 1.20. The van der Waals surface area contributed by atoms with Gasteiger partial charge in [0, 0.05) is 12.3 Å². The molecule has 2 aromatic heterocycles. The lowest BCUT2D eigenvalue weighted by atomic mass is 10.4. The second kappa shape index (κ2) is 7.97. The molecule has 20 heavy (non-hydrogen) atoms. The van der Waals surface area contributed by atoms with E-state index in [1.165, 1.54) is 0 Å². The van der Waals surface area contributed by atoms with Gasteiger partial charge in [0.15, 0.2) is 12.4 Å². The molecule has 0 bridgehead atoms. The highest BCUT2D eigenvalue weighted by atomic mass is 16.9. The van der Waals surface area contributed by atoms with Crippen LogP contribution in [0, 0.1) is 15.3 Å². The number of amides is 2. The number of urea groups is 1. The molecule has 0 spiro atoms. The molecule has 0 saturated heterocycles. The molecule has 2 aromatic rings. The maximum Gasteiger partial charge on any atom is 0.323 e. The van der Waals surface area contributed by atoms with Gasteiger partial charge >= 0.3 is 6.03 Å². The summed E-state index contributed by atoms with van der Waals surface area (Å²) in [5.74, 6) is 0. The van der Waals surface area contributed by atoms with E-state index in [1.807, 2.05) is 0 Å². The van der Waals surface area contributed by atoms with Crippen molar-refractivity contribution in [2.45, 2.75) is 0 Å². The number of carbonyl (C=O) groups is 1. The largest absolute Gasteiger partial charge is 0.356 e. The van der Waals surface area contributed by atoms with E-state index in [0.29, 0.717) is 11.4 Å². The van der Waals surface area contributed by atoms with Crippen molar-refractivity contribution in [2.75, 3.05) is 10.6 Å². The van der Waals surface area contributed by atoms with E-state index in [0.717, 1.165) is 0 Å². The van der Waals surface area contributed by atoms with Gasteiger partial charge in [-0.25, -0.2) is 9.78 Å². The Morgan fingerprint density at radius 2 is 1.85 bits per heavy atom. The molecule has 0 fully saturated rings. The molecule has 0 saturated carbocycles. The van der Waals surface area contributed by atoms with Crippen LogP contribution in [-0.2, 0) is 0 Å². The maximum atomic E-state index is 11.5. The highest BCUT2D eigenvalue weighted by molar-refractivity contribution is 5.99. The van der Waals surface area contributed by atoms with Crippen LogP contribution in [-0.4, -0.2) is 16.1 Å². The van der Waals surface area contributed by atoms with Crippen LogP contribution in [0.2, 0.25) is 0 Å². The standard InChI is InChI=1S/C11H10N4O.NO3/c16-11(14-9-3-1-5-12-7-9)15-10-4-2-6-13-8-10;2-1(3)4/h1-8H,(H2,14,15,16);/q;-1/p+1. The number of carbonyl (C=O) groups excluding carboxylic acids is 1. The normalized spacial score (nSPS) is 8.80. The Hall–Kier alpha value is -3.23. The van der Waals surface area contributed by atoms with Crippen molar-refractivity contribution in [1.29, 1.82) is 0 Å². The number of aromatic nitrogens is 2. The summed E-state index contributed by atoms with van der Waals surface area (Å²) in [4.78, 5) is 26.5. The Balaban J connectivity index is 0.000000444. The molecule has 9 nitrogen and oxygen atoms in total. The Kier molecular flexibility index (Phi) is 5.91. The molecule has 2 heterocycles. The Morgan fingerprint density at radius 1 is 1.20 bits per heavy atom. The van der Waals surface area contributed by atoms with Gasteiger partial charge in [-0.1, -0.05) is 0 Å². The Bertz CT molecular complexity index is 502. The average molecular weight is 277 g/mol. The highest BCUT2D eigenvalue weighted by Crippen LogP contribution is 2.05. The van der Waals surface area contributed by atoms with Crippen LogP contribution >= 0.6 is 0 Å². The molecule has 2 rings (SSSR count). The van der Waals surface area contributed by atoms with Crippen LogP contribution in [0.25, 0.3) is 0 Å². The van der Waals surface area contributed by atoms with Crippen LogP contribution in [0.15, 0.2) is 49.1 Å². The van der Waals surface area contributed by atoms with Crippen molar-refractivity contribution >= 4 is 17.4 Å². The molecule has 0 aliphatic carbocycles. The molecule has 0 radical (unpaired) electrons. The minimum Gasteiger partial charge on any atom is -0.356 e. The lowest BCUT2D eigenvalue weighted by molar-refractivity contribution is -0.402. The third kappa shape index (κ3) is 6.49. The minimum atomic E-state index is -1.75. The molecule has 0 aliphatic rings. The molecule has 0 aliphatic heterocycles. The summed E-state index contributed by atoms with van der Waals surface area (Å²) in [6.45, 7) is 0. The number of pyridine rings is 2. The molecular weight excluding hydrogens is 266 g/mol. The lowest BCUT2D eigenvalue weighted by Gasteiger charge is -2.04. The fraction of sp³-hybridized carbons (Fsp3) is 0. The fourth-order valence-electron chi connectivity index (χ4n) is 1.20. The predicted octanol–water partition coefficient (Wildman–Crippen LogP) is 1.30. The van der Waals surface area contributed by atoms with Crippen molar-refractivity contribution in [3.8, 4) is 0 Å². The zero-order chi connectivity index (χ0) is 14.8. The van der Waals surface area contributed by atoms with Crippen molar-refractivity contribution < 1.29 is 14.9 Å². The first-order valence-electron chi connectivity index (χ1n) is 5.33. The number of anilines is 2. The average Bonchev–Trinajstić information content (AvgIpc) is 2.40. The summed E-state index contributed by atoms with van der Waals surface area (Å²) >= 11 is 0. The van der Waals surface area contributed by atoms with E-state index in [2.05, 4.69) is 20.6 Å². The first-order chi connectivity index (χ1) is 9.58. The zero-order valence-electron chi connectivity index (χ0n) is 10.1. The van der Waals surface area contributed by atoms with Gasteiger partial charge in [-0.05, 0) is 18.2 Å². The van der Waals surface area contributed by atoms with Gasteiger partial charge in [0.25, 0.3) is 0 Å². The van der Waals surface area contributed by atoms with E-state index in [1.54, 1.807) is 49.1 Å². The zero-order valence-corrected chi connectivity index (χ0v) is 10.1. The van der Waals surface area contributed by atoms with E-state index < -0.39 is 5.09 Å². The summed E-state index contributed by atoms with van der Waals surface area (Å²) in [5.41, 5.74) is 1.35. The monoisotopic (exact) mass is 277 g/mol. The Labute approximate surface area is 113 Å². The first kappa shape index (κ1) is 14.8. The second-order valence-electron chi connectivity index (χ2n) is 3.34. The van der Waals surface area contributed by atoms with E-state index in [-0.39, 0.29) is 6.03 Å². The van der Waals surface area contributed by atoms with Crippen molar-refractivity contribution in [3.63, 3.8) is 0 Å². The van der Waals surface area contributed by atoms with Crippen molar-refractivity contribution in [3.05, 3.63) is 64.4 Å². The van der Waals surface area contributed by atoms with Gasteiger partial charge in [-0.3, -0.25) is 4.98 Å². The summed E-state index contributed by atoms with van der Waals surface area (Å²) < 4.78 is 0. The number of nitrogens with one attached hydrogen (secondary N) is 3.